The minimum atomic E-state index is -1.41. The summed E-state index contributed by atoms with van der Waals surface area (Å²) in [6, 6.07) is 33.6. The summed E-state index contributed by atoms with van der Waals surface area (Å²) in [6.45, 7) is 0.308. The molecule has 1 saturated heterocycles. The van der Waals surface area contributed by atoms with Gasteiger partial charge in [0.15, 0.2) is 0 Å². The van der Waals surface area contributed by atoms with Crippen LogP contribution >= 0.6 is 22.9 Å². The maximum Gasteiger partial charge on any atom is 0.324 e. The normalized spacial score (nSPS) is 22.7. The third-order valence-corrected chi connectivity index (χ3v) is 10.5. The Morgan fingerprint density at radius 3 is 2.11 bits per heavy atom. The number of hydrogen-bond donors (Lipinski definition) is 1. The molecule has 0 radical (unpaired) electrons. The smallest absolute Gasteiger partial charge is 0.303 e. The van der Waals surface area contributed by atoms with Gasteiger partial charge in [0.2, 0.25) is 16.1 Å². The van der Waals surface area contributed by atoms with Crippen LogP contribution in [-0.4, -0.2) is 40.4 Å². The van der Waals surface area contributed by atoms with Crippen molar-refractivity contribution in [1.82, 2.24) is 19.8 Å². The third-order valence-electron chi connectivity index (χ3n) is 9.26. The van der Waals surface area contributed by atoms with E-state index in [1.165, 1.54) is 0 Å². The zero-order valence-corrected chi connectivity index (χ0v) is 26.4. The highest BCUT2D eigenvalue weighted by Gasteiger charge is 2.70. The number of carbonyl (C=O) groups is 2. The summed E-state index contributed by atoms with van der Waals surface area (Å²) >= 11 is 7.26. The lowest BCUT2D eigenvalue weighted by molar-refractivity contribution is -0.113. The van der Waals surface area contributed by atoms with E-state index in [0.717, 1.165) is 22.5 Å². The van der Waals surface area contributed by atoms with Gasteiger partial charge >= 0.3 is 6.03 Å². The number of likely N-dealkylation sites (N-methyl/N-ethyl adjacent to an activating group) is 2. The molecule has 1 N–H and O–H groups in total. The molecular formula is C35H27ClN6O3S. The van der Waals surface area contributed by atoms with Crippen molar-refractivity contribution in [2.24, 2.45) is 5.10 Å². The molecule has 2 atom stereocenters. The highest BCUT2D eigenvalue weighted by atomic mass is 35.5. The van der Waals surface area contributed by atoms with E-state index in [-0.39, 0.29) is 16.5 Å². The van der Waals surface area contributed by atoms with Crippen molar-refractivity contribution in [2.75, 3.05) is 19.0 Å². The maximum absolute atomic E-state index is 15.0. The molecule has 3 aliphatic rings. The van der Waals surface area contributed by atoms with Crippen molar-refractivity contribution in [3.05, 3.63) is 156 Å². The molecule has 2 unspecified atom stereocenters. The average molecular weight is 647 g/mol. The summed E-state index contributed by atoms with van der Waals surface area (Å²) < 4.78 is 1.85. The van der Waals surface area contributed by atoms with Crippen molar-refractivity contribution in [3.8, 4) is 0 Å². The highest BCUT2D eigenvalue weighted by Crippen LogP contribution is 2.52. The van der Waals surface area contributed by atoms with E-state index >= 15 is 4.79 Å². The van der Waals surface area contributed by atoms with Crippen molar-refractivity contribution in [3.63, 3.8) is 0 Å². The lowest BCUT2D eigenvalue weighted by Crippen LogP contribution is -2.72. The molecule has 1 aromatic heterocycles. The number of nitrogens with zero attached hydrogens (tertiary/aromatic N) is 5. The van der Waals surface area contributed by atoms with Crippen LogP contribution in [-0.2, 0) is 22.7 Å². The van der Waals surface area contributed by atoms with Crippen LogP contribution in [0.3, 0.4) is 0 Å². The van der Waals surface area contributed by atoms with Gasteiger partial charge in [0.1, 0.15) is 4.53 Å². The Kier molecular flexibility index (Phi) is 6.25. The second-order valence-corrected chi connectivity index (χ2v) is 12.9. The molecule has 0 saturated carbocycles. The maximum atomic E-state index is 15.0. The van der Waals surface area contributed by atoms with Gasteiger partial charge in [0, 0.05) is 35.8 Å². The second-order valence-electron chi connectivity index (χ2n) is 11.5. The number of halogens is 1. The molecule has 0 spiro atoms. The number of hydrogen-bond acceptors (Lipinski definition) is 6. The third kappa shape index (κ3) is 3.56. The summed E-state index contributed by atoms with van der Waals surface area (Å²) in [5.74, 6) is -0.281. The van der Waals surface area contributed by atoms with Crippen molar-refractivity contribution in [2.45, 2.75) is 17.9 Å². The Morgan fingerprint density at radius 2 is 1.41 bits per heavy atom. The first-order valence-electron chi connectivity index (χ1n) is 14.7. The van der Waals surface area contributed by atoms with Crippen molar-refractivity contribution in [1.29, 1.82) is 0 Å². The Bertz CT molecular complexity index is 2240. The van der Waals surface area contributed by atoms with E-state index < -0.39 is 16.9 Å². The topological polar surface area (TPSA) is 90.3 Å². The van der Waals surface area contributed by atoms with Gasteiger partial charge in [-0.3, -0.25) is 24.8 Å². The van der Waals surface area contributed by atoms with E-state index in [9.17, 15) is 9.59 Å². The van der Waals surface area contributed by atoms with Crippen molar-refractivity contribution < 1.29 is 9.59 Å². The summed E-state index contributed by atoms with van der Waals surface area (Å²) in [5, 5.41) is 5.37. The largest absolute Gasteiger partial charge is 0.324 e. The van der Waals surface area contributed by atoms with Gasteiger partial charge in [-0.1, -0.05) is 114 Å². The first kappa shape index (κ1) is 28.3. The highest BCUT2D eigenvalue weighted by molar-refractivity contribution is 7.07. The number of carbonyl (C=O) groups excluding carboxylic acids is 2. The van der Waals surface area contributed by atoms with Gasteiger partial charge in [-0.05, 0) is 23.8 Å². The van der Waals surface area contributed by atoms with Crippen LogP contribution in [0.2, 0.25) is 5.02 Å². The Morgan fingerprint density at radius 1 is 0.783 bits per heavy atom. The summed E-state index contributed by atoms with van der Waals surface area (Å²) in [4.78, 5) is 48.6. The molecule has 4 aromatic carbocycles. The van der Waals surface area contributed by atoms with Crippen LogP contribution in [0.4, 0.5) is 10.5 Å². The molecule has 4 heterocycles. The average Bonchev–Trinajstić information content (AvgIpc) is 3.63. The number of anilines is 1. The number of para-hydroxylation sites is 1. The van der Waals surface area contributed by atoms with Gasteiger partial charge in [-0.15, -0.1) is 5.10 Å². The van der Waals surface area contributed by atoms with Crippen LogP contribution in [0.25, 0.3) is 5.57 Å². The molecule has 8 rings (SSSR count). The molecule has 11 heteroatoms. The minimum absolute atomic E-state index is 0.256. The van der Waals surface area contributed by atoms with Crippen LogP contribution in [0, 0.1) is 0 Å². The fraction of sp³-hybridized carbons (Fsp3) is 0.143. The Balaban J connectivity index is 1.43. The minimum Gasteiger partial charge on any atom is -0.303 e. The summed E-state index contributed by atoms with van der Waals surface area (Å²) in [7, 11) is 3.41. The molecule has 1 fully saturated rings. The number of benzene rings is 4. The SMILES string of the molecule is CN1C(=O)N(C)C2(c3ccccc3)n3c(s/c(=C4\C(=O)N(Cc5ccc(Cl)cc5)c5ccccc54)c3=O)=NNC12c1ccccc1. The van der Waals surface area contributed by atoms with E-state index in [2.05, 4.69) is 5.43 Å². The zero-order chi connectivity index (χ0) is 31.8. The van der Waals surface area contributed by atoms with Crippen LogP contribution in [0.5, 0.6) is 0 Å². The van der Waals surface area contributed by atoms with Crippen LogP contribution < -0.4 is 25.2 Å². The number of aromatic nitrogens is 1. The van der Waals surface area contributed by atoms with Crippen molar-refractivity contribution >= 4 is 46.1 Å². The second kappa shape index (κ2) is 10.2. The number of thiazole rings is 1. The quantitative estimate of drug-likeness (QED) is 0.320. The predicted octanol–water partition coefficient (Wildman–Crippen LogP) is 4.00. The molecule has 3 aliphatic heterocycles. The predicted molar refractivity (Wildman–Crippen MR) is 177 cm³/mol. The van der Waals surface area contributed by atoms with Gasteiger partial charge < -0.3 is 4.90 Å². The molecule has 0 aliphatic carbocycles. The number of rotatable bonds is 4. The van der Waals surface area contributed by atoms with E-state index in [1.807, 2.05) is 97.1 Å². The van der Waals surface area contributed by atoms with Gasteiger partial charge in [-0.2, -0.15) is 0 Å². The van der Waals surface area contributed by atoms with E-state index in [0.29, 0.717) is 38.8 Å². The number of fused-ring (bicyclic) bond motifs is 4. The van der Waals surface area contributed by atoms with Gasteiger partial charge in [0.05, 0.1) is 17.8 Å². The van der Waals surface area contributed by atoms with E-state index in [1.54, 1.807) is 45.5 Å². The molecular weight excluding hydrogens is 620 g/mol. The fourth-order valence-corrected chi connectivity index (χ4v) is 8.42. The van der Waals surface area contributed by atoms with Crippen LogP contribution in [0.1, 0.15) is 22.3 Å². The summed E-state index contributed by atoms with van der Waals surface area (Å²) in [6.07, 6.45) is 0. The Labute approximate surface area is 272 Å². The lowest BCUT2D eigenvalue weighted by Gasteiger charge is -2.50. The Hall–Kier alpha value is -5.19. The first-order chi connectivity index (χ1) is 22.3. The van der Waals surface area contributed by atoms with E-state index in [4.69, 9.17) is 16.7 Å². The first-order valence-corrected chi connectivity index (χ1v) is 15.9. The molecule has 0 bridgehead atoms. The standard InChI is InChI=1S/C35H27ClN6O3S/c1-39-33(45)40(2)35(24-13-7-4-8-14-24)34(39,23-11-5-3-6-12-23)38-37-32-42(35)31(44)29(46-32)28-26-15-9-10-16-27(26)41(30(28)43)21-22-17-19-25(36)20-18-22/h3-20,38H,21H2,1-2H3/b29-28-. The van der Waals surface area contributed by atoms with Gasteiger partial charge in [0.25, 0.3) is 11.5 Å². The number of nitrogens with one attached hydrogen (secondary N) is 1. The molecule has 9 nitrogen and oxygen atoms in total. The molecule has 3 amide bonds. The molecule has 5 aromatic rings. The van der Waals surface area contributed by atoms with Crippen LogP contribution in [0.15, 0.2) is 119 Å². The fourth-order valence-electron chi connectivity index (χ4n) is 7.23. The number of urea groups is 1. The van der Waals surface area contributed by atoms with Gasteiger partial charge in [-0.25, -0.2) is 9.36 Å². The monoisotopic (exact) mass is 646 g/mol. The number of amides is 3. The summed E-state index contributed by atoms with van der Waals surface area (Å²) in [5.41, 5.74) is 4.28. The lowest BCUT2D eigenvalue weighted by atomic mass is 9.80. The zero-order valence-electron chi connectivity index (χ0n) is 24.8. The molecule has 228 valence electrons. The molecule has 46 heavy (non-hydrogen) atoms.